The number of carboxylic acid groups (broad SMARTS) is 1. The molecule has 18 heavy (non-hydrogen) atoms. The van der Waals surface area contributed by atoms with Gasteiger partial charge >= 0.3 is 12.0 Å². The number of carboxylic acids is 1. The Morgan fingerprint density at radius 3 is 2.50 bits per heavy atom. The zero-order valence-corrected chi connectivity index (χ0v) is 10.4. The number of nitrogens with one attached hydrogen (secondary N) is 2. The predicted octanol–water partition coefficient (Wildman–Crippen LogP) is -0.310. The van der Waals surface area contributed by atoms with Crippen LogP contribution in [0.1, 0.15) is 25.7 Å². The van der Waals surface area contributed by atoms with E-state index in [1.54, 1.807) is 7.11 Å². The maximum Gasteiger partial charge on any atom is 0.326 e. The van der Waals surface area contributed by atoms with Crippen LogP contribution in [0.4, 0.5) is 4.79 Å². The van der Waals surface area contributed by atoms with Crippen molar-refractivity contribution in [2.24, 2.45) is 0 Å². The SMILES string of the molecule is COC1(CNC(=O)NC(CCO)C(=O)O)CCC1. The van der Waals surface area contributed by atoms with Crippen molar-refractivity contribution in [2.75, 3.05) is 20.3 Å². The standard InChI is InChI=1S/C11H20N2O5/c1-18-11(4-2-5-11)7-12-10(17)13-8(3-6-14)9(15)16/h8,14H,2-7H2,1H3,(H,15,16)(H2,12,13,17). The average molecular weight is 260 g/mol. The van der Waals surface area contributed by atoms with Gasteiger partial charge in [0.15, 0.2) is 0 Å². The number of aliphatic hydroxyl groups excluding tert-OH is 1. The molecule has 0 heterocycles. The van der Waals surface area contributed by atoms with Gasteiger partial charge in [-0.05, 0) is 19.3 Å². The molecule has 1 aliphatic carbocycles. The highest BCUT2D eigenvalue weighted by atomic mass is 16.5. The third-order valence-electron chi connectivity index (χ3n) is 3.29. The number of hydrogen-bond acceptors (Lipinski definition) is 4. The van der Waals surface area contributed by atoms with Crippen molar-refractivity contribution < 1.29 is 24.5 Å². The van der Waals surface area contributed by atoms with E-state index in [9.17, 15) is 9.59 Å². The molecule has 104 valence electrons. The third kappa shape index (κ3) is 3.85. The molecule has 0 aromatic heterocycles. The van der Waals surface area contributed by atoms with E-state index in [1.165, 1.54) is 0 Å². The van der Waals surface area contributed by atoms with Crippen LogP contribution in [0.2, 0.25) is 0 Å². The molecule has 1 fully saturated rings. The molecule has 0 aromatic rings. The van der Waals surface area contributed by atoms with Gasteiger partial charge in [-0.25, -0.2) is 9.59 Å². The van der Waals surface area contributed by atoms with Crippen LogP contribution in [0, 0.1) is 0 Å². The summed E-state index contributed by atoms with van der Waals surface area (Å²) in [5.74, 6) is -1.16. The van der Waals surface area contributed by atoms with E-state index in [-0.39, 0.29) is 18.6 Å². The van der Waals surface area contributed by atoms with E-state index in [0.717, 1.165) is 19.3 Å². The molecule has 2 amide bonds. The quantitative estimate of drug-likeness (QED) is 0.502. The minimum Gasteiger partial charge on any atom is -0.480 e. The number of aliphatic hydroxyl groups is 1. The number of carbonyl (C=O) groups is 2. The van der Waals surface area contributed by atoms with Gasteiger partial charge in [0.1, 0.15) is 6.04 Å². The molecule has 0 spiro atoms. The van der Waals surface area contributed by atoms with Crippen LogP contribution in [-0.2, 0) is 9.53 Å². The topological polar surface area (TPSA) is 108 Å². The lowest BCUT2D eigenvalue weighted by atomic mass is 9.80. The molecule has 1 unspecified atom stereocenters. The Balaban J connectivity index is 2.33. The van der Waals surface area contributed by atoms with E-state index in [4.69, 9.17) is 14.9 Å². The zero-order chi connectivity index (χ0) is 13.6. The molecular weight excluding hydrogens is 240 g/mol. The summed E-state index contributed by atoms with van der Waals surface area (Å²) in [6.45, 7) is 0.0695. The molecule has 0 bridgehead atoms. The van der Waals surface area contributed by atoms with Gasteiger partial charge in [0, 0.05) is 26.7 Å². The third-order valence-corrected chi connectivity index (χ3v) is 3.29. The van der Waals surface area contributed by atoms with Gasteiger partial charge in [0.05, 0.1) is 5.60 Å². The number of aliphatic carboxylic acids is 1. The lowest BCUT2D eigenvalue weighted by molar-refractivity contribution is -0.139. The van der Waals surface area contributed by atoms with Crippen molar-refractivity contribution in [1.29, 1.82) is 0 Å². The summed E-state index contributed by atoms with van der Waals surface area (Å²) in [7, 11) is 1.60. The highest BCUT2D eigenvalue weighted by molar-refractivity contribution is 5.82. The van der Waals surface area contributed by atoms with Crippen molar-refractivity contribution >= 4 is 12.0 Å². The van der Waals surface area contributed by atoms with E-state index >= 15 is 0 Å². The van der Waals surface area contributed by atoms with Crippen LogP contribution in [0.15, 0.2) is 0 Å². The summed E-state index contributed by atoms with van der Waals surface area (Å²) in [4.78, 5) is 22.3. The first kappa shape index (κ1) is 14.7. The predicted molar refractivity (Wildman–Crippen MR) is 63.3 cm³/mol. The molecule has 1 aliphatic rings. The molecule has 1 atom stereocenters. The smallest absolute Gasteiger partial charge is 0.326 e. The van der Waals surface area contributed by atoms with Gasteiger partial charge in [0.25, 0.3) is 0 Å². The van der Waals surface area contributed by atoms with Gasteiger partial charge in [0.2, 0.25) is 0 Å². The molecule has 0 aliphatic heterocycles. The van der Waals surface area contributed by atoms with Gasteiger partial charge in [-0.3, -0.25) is 0 Å². The monoisotopic (exact) mass is 260 g/mol. The van der Waals surface area contributed by atoms with Crippen molar-refractivity contribution in [3.63, 3.8) is 0 Å². The second-order valence-corrected chi connectivity index (χ2v) is 4.47. The number of urea groups is 1. The summed E-state index contributed by atoms with van der Waals surface area (Å²) in [5, 5.41) is 22.4. The van der Waals surface area contributed by atoms with Crippen molar-refractivity contribution in [3.05, 3.63) is 0 Å². The number of carbonyl (C=O) groups excluding carboxylic acids is 1. The van der Waals surface area contributed by atoms with Crippen LogP contribution in [0.25, 0.3) is 0 Å². The van der Waals surface area contributed by atoms with Gasteiger partial charge in [-0.15, -0.1) is 0 Å². The van der Waals surface area contributed by atoms with Crippen molar-refractivity contribution in [2.45, 2.75) is 37.3 Å². The van der Waals surface area contributed by atoms with Gasteiger partial charge in [-0.2, -0.15) is 0 Å². The van der Waals surface area contributed by atoms with Crippen LogP contribution < -0.4 is 10.6 Å². The van der Waals surface area contributed by atoms with Gasteiger partial charge < -0.3 is 25.6 Å². The minimum atomic E-state index is -1.16. The summed E-state index contributed by atoms with van der Waals surface area (Å²) in [5.41, 5.74) is -0.299. The Morgan fingerprint density at radius 2 is 2.11 bits per heavy atom. The molecule has 1 rings (SSSR count). The van der Waals surface area contributed by atoms with E-state index < -0.39 is 18.0 Å². The van der Waals surface area contributed by atoms with Crippen molar-refractivity contribution in [1.82, 2.24) is 10.6 Å². The maximum atomic E-state index is 11.5. The molecule has 7 heteroatoms. The van der Waals surface area contributed by atoms with Crippen LogP contribution in [0.5, 0.6) is 0 Å². The minimum absolute atomic E-state index is 0.0157. The molecule has 0 saturated heterocycles. The Kier molecular flexibility index (Phi) is 5.36. The highest BCUT2D eigenvalue weighted by Gasteiger charge is 2.37. The maximum absolute atomic E-state index is 11.5. The van der Waals surface area contributed by atoms with E-state index in [1.807, 2.05) is 0 Å². The molecule has 1 saturated carbocycles. The fourth-order valence-electron chi connectivity index (χ4n) is 1.86. The molecule has 4 N–H and O–H groups in total. The van der Waals surface area contributed by atoms with Crippen LogP contribution >= 0.6 is 0 Å². The lowest BCUT2D eigenvalue weighted by Crippen LogP contribution is -2.53. The fourth-order valence-corrected chi connectivity index (χ4v) is 1.86. The average Bonchev–Trinajstić information content (AvgIpc) is 2.27. The normalized spacial score (nSPS) is 18.6. The second-order valence-electron chi connectivity index (χ2n) is 4.47. The van der Waals surface area contributed by atoms with Gasteiger partial charge in [-0.1, -0.05) is 0 Å². The Hall–Kier alpha value is -1.34. The Morgan fingerprint density at radius 1 is 1.44 bits per heavy atom. The summed E-state index contributed by atoms with van der Waals surface area (Å²) in [6, 6.07) is -1.63. The molecule has 7 nitrogen and oxygen atoms in total. The van der Waals surface area contributed by atoms with Crippen LogP contribution in [0.3, 0.4) is 0 Å². The van der Waals surface area contributed by atoms with E-state index in [0.29, 0.717) is 6.54 Å². The zero-order valence-electron chi connectivity index (χ0n) is 10.4. The van der Waals surface area contributed by atoms with E-state index in [2.05, 4.69) is 10.6 Å². The number of ether oxygens (including phenoxy) is 1. The first-order valence-corrected chi connectivity index (χ1v) is 5.96. The van der Waals surface area contributed by atoms with Crippen LogP contribution in [-0.4, -0.2) is 54.1 Å². The number of hydrogen-bond donors (Lipinski definition) is 4. The fraction of sp³-hybridized carbons (Fsp3) is 0.818. The summed E-state index contributed by atoms with van der Waals surface area (Å²) >= 11 is 0. The first-order chi connectivity index (χ1) is 8.53. The summed E-state index contributed by atoms with van der Waals surface area (Å²) in [6.07, 6.45) is 2.84. The summed E-state index contributed by atoms with van der Waals surface area (Å²) < 4.78 is 5.33. The first-order valence-electron chi connectivity index (χ1n) is 5.96. The molecular formula is C11H20N2O5. The Bertz CT molecular complexity index is 298. The molecule has 0 aromatic carbocycles. The number of methoxy groups -OCH3 is 1. The van der Waals surface area contributed by atoms with Crippen molar-refractivity contribution in [3.8, 4) is 0 Å². The number of amides is 2. The lowest BCUT2D eigenvalue weighted by Gasteiger charge is -2.40. The molecule has 0 radical (unpaired) electrons. The largest absolute Gasteiger partial charge is 0.480 e. The highest BCUT2D eigenvalue weighted by Crippen LogP contribution is 2.34. The second kappa shape index (κ2) is 6.55. The Labute approximate surface area is 106 Å². The number of rotatable bonds is 7.